The SMILES string of the molecule is COCCCN1C(=O)C(=O)/C(=C(/O)c2cc(OC)c(Cl)cc2OC)C1c1cccc(OC)c1. The van der Waals surface area contributed by atoms with Gasteiger partial charge in [-0.2, -0.15) is 0 Å². The second kappa shape index (κ2) is 10.6. The fourth-order valence-corrected chi connectivity index (χ4v) is 4.07. The molecule has 1 aliphatic rings. The van der Waals surface area contributed by atoms with Crippen molar-refractivity contribution in [3.8, 4) is 17.2 Å². The number of ether oxygens (including phenoxy) is 4. The normalized spacial score (nSPS) is 17.4. The highest BCUT2D eigenvalue weighted by molar-refractivity contribution is 6.46. The van der Waals surface area contributed by atoms with E-state index >= 15 is 0 Å². The van der Waals surface area contributed by atoms with Crippen LogP contribution in [0.5, 0.6) is 17.2 Å². The molecule has 0 saturated carbocycles. The number of halogens is 1. The Balaban J connectivity index is 2.23. The smallest absolute Gasteiger partial charge is 0.295 e. The van der Waals surface area contributed by atoms with Crippen LogP contribution in [-0.4, -0.2) is 63.3 Å². The maximum Gasteiger partial charge on any atom is 0.295 e. The molecular formula is C24H26ClNO7. The van der Waals surface area contributed by atoms with E-state index in [2.05, 4.69) is 0 Å². The van der Waals surface area contributed by atoms with Crippen molar-refractivity contribution in [2.75, 3.05) is 41.6 Å². The highest BCUT2D eigenvalue weighted by atomic mass is 35.5. The van der Waals surface area contributed by atoms with Crippen molar-refractivity contribution in [1.82, 2.24) is 4.90 Å². The Labute approximate surface area is 197 Å². The molecule has 1 aliphatic heterocycles. The number of aliphatic hydroxyl groups excluding tert-OH is 1. The van der Waals surface area contributed by atoms with Gasteiger partial charge in [0.25, 0.3) is 11.7 Å². The van der Waals surface area contributed by atoms with Crippen LogP contribution >= 0.6 is 11.6 Å². The molecule has 0 aromatic heterocycles. The average molecular weight is 476 g/mol. The Morgan fingerprint density at radius 1 is 1.03 bits per heavy atom. The van der Waals surface area contributed by atoms with Gasteiger partial charge in [0.15, 0.2) is 0 Å². The molecule has 2 aromatic carbocycles. The van der Waals surface area contributed by atoms with Crippen molar-refractivity contribution in [3.63, 3.8) is 0 Å². The lowest BCUT2D eigenvalue weighted by Gasteiger charge is -2.25. The molecule has 9 heteroatoms. The zero-order valence-electron chi connectivity index (χ0n) is 18.9. The predicted molar refractivity (Wildman–Crippen MR) is 123 cm³/mol. The second-order valence-electron chi connectivity index (χ2n) is 7.30. The van der Waals surface area contributed by atoms with E-state index in [1.54, 1.807) is 31.4 Å². The number of amides is 1. The molecule has 1 saturated heterocycles. The van der Waals surface area contributed by atoms with Crippen LogP contribution < -0.4 is 14.2 Å². The molecular weight excluding hydrogens is 450 g/mol. The summed E-state index contributed by atoms with van der Waals surface area (Å²) in [4.78, 5) is 27.6. The zero-order chi connectivity index (χ0) is 24.1. The van der Waals surface area contributed by atoms with E-state index in [9.17, 15) is 14.7 Å². The number of Topliss-reactive ketones (excluding diaryl/α,β-unsaturated/α-hetero) is 1. The van der Waals surface area contributed by atoms with Gasteiger partial charge in [-0.25, -0.2) is 0 Å². The van der Waals surface area contributed by atoms with Gasteiger partial charge in [-0.3, -0.25) is 9.59 Å². The van der Waals surface area contributed by atoms with Crippen molar-refractivity contribution in [2.45, 2.75) is 12.5 Å². The molecule has 8 nitrogen and oxygen atoms in total. The predicted octanol–water partition coefficient (Wildman–Crippen LogP) is 3.82. The minimum atomic E-state index is -0.830. The Bertz CT molecular complexity index is 1080. The number of aliphatic hydroxyl groups is 1. The number of nitrogens with zero attached hydrogens (tertiary/aromatic N) is 1. The molecule has 0 spiro atoms. The standard InChI is InChI=1S/C24H26ClNO7/c1-30-10-6-9-26-21(14-7-5-8-15(11-14)31-2)20(23(28)24(26)29)22(27)16-12-19(33-4)17(25)13-18(16)32-3/h5,7-8,11-13,21,27H,6,9-10H2,1-4H3/b22-20+. The van der Waals surface area contributed by atoms with Gasteiger partial charge in [0.1, 0.15) is 23.0 Å². The summed E-state index contributed by atoms with van der Waals surface area (Å²) in [6.07, 6.45) is 0.516. The summed E-state index contributed by atoms with van der Waals surface area (Å²) < 4.78 is 21.1. The van der Waals surface area contributed by atoms with Gasteiger partial charge in [-0.15, -0.1) is 0 Å². The molecule has 0 bridgehead atoms. The average Bonchev–Trinajstić information content (AvgIpc) is 3.08. The van der Waals surface area contributed by atoms with Gasteiger partial charge in [0.2, 0.25) is 0 Å². The first-order valence-corrected chi connectivity index (χ1v) is 10.6. The molecule has 0 radical (unpaired) electrons. The van der Waals surface area contributed by atoms with Crippen molar-refractivity contribution >= 4 is 29.1 Å². The van der Waals surface area contributed by atoms with E-state index < -0.39 is 17.7 Å². The quantitative estimate of drug-likeness (QED) is 0.255. The highest BCUT2D eigenvalue weighted by Gasteiger charge is 2.46. The van der Waals surface area contributed by atoms with Gasteiger partial charge < -0.3 is 29.0 Å². The topological polar surface area (TPSA) is 94.5 Å². The molecule has 1 unspecified atom stereocenters. The van der Waals surface area contributed by atoms with E-state index in [1.807, 2.05) is 0 Å². The van der Waals surface area contributed by atoms with Crippen LogP contribution in [0.2, 0.25) is 5.02 Å². The van der Waals surface area contributed by atoms with E-state index in [1.165, 1.54) is 38.4 Å². The number of likely N-dealkylation sites (tertiary alicyclic amines) is 1. The second-order valence-corrected chi connectivity index (χ2v) is 7.71. The molecule has 2 aromatic rings. The van der Waals surface area contributed by atoms with Crippen LogP contribution in [-0.2, 0) is 14.3 Å². The first kappa shape index (κ1) is 24.4. The zero-order valence-corrected chi connectivity index (χ0v) is 19.6. The van der Waals surface area contributed by atoms with Crippen molar-refractivity contribution < 1.29 is 33.6 Å². The molecule has 1 heterocycles. The van der Waals surface area contributed by atoms with E-state index in [-0.39, 0.29) is 40.0 Å². The summed E-state index contributed by atoms with van der Waals surface area (Å²) in [5.74, 6) is -0.823. The monoisotopic (exact) mass is 475 g/mol. The van der Waals surface area contributed by atoms with E-state index in [0.29, 0.717) is 24.3 Å². The van der Waals surface area contributed by atoms with Gasteiger partial charge >= 0.3 is 0 Å². The largest absolute Gasteiger partial charge is 0.507 e. The molecule has 176 valence electrons. The third kappa shape index (κ3) is 4.77. The lowest BCUT2D eigenvalue weighted by Crippen LogP contribution is -2.31. The molecule has 1 atom stereocenters. The van der Waals surface area contributed by atoms with E-state index in [4.69, 9.17) is 30.5 Å². The van der Waals surface area contributed by atoms with Gasteiger partial charge in [-0.1, -0.05) is 23.7 Å². The molecule has 3 rings (SSSR count). The summed E-state index contributed by atoms with van der Waals surface area (Å²) in [5.41, 5.74) is 0.738. The van der Waals surface area contributed by atoms with Gasteiger partial charge in [0.05, 0.1) is 43.5 Å². The number of ketones is 1. The summed E-state index contributed by atoms with van der Waals surface area (Å²) in [6, 6.07) is 9.14. The lowest BCUT2D eigenvalue weighted by atomic mass is 9.94. The number of carbonyl (C=O) groups is 2. The number of carbonyl (C=O) groups excluding carboxylic acids is 2. The molecule has 33 heavy (non-hydrogen) atoms. The van der Waals surface area contributed by atoms with Crippen LogP contribution in [0.1, 0.15) is 23.6 Å². The minimum Gasteiger partial charge on any atom is -0.507 e. The van der Waals surface area contributed by atoms with Crippen LogP contribution in [0.3, 0.4) is 0 Å². The third-order valence-electron chi connectivity index (χ3n) is 5.43. The minimum absolute atomic E-state index is 0.0617. The van der Waals surface area contributed by atoms with E-state index in [0.717, 1.165) is 0 Å². The summed E-state index contributed by atoms with van der Waals surface area (Å²) in [5, 5.41) is 11.6. The van der Waals surface area contributed by atoms with Crippen molar-refractivity contribution in [2.24, 2.45) is 0 Å². The number of hydrogen-bond donors (Lipinski definition) is 1. The Hall–Kier alpha value is -3.23. The third-order valence-corrected chi connectivity index (χ3v) is 5.72. The summed E-state index contributed by atoms with van der Waals surface area (Å²) in [6.45, 7) is 0.675. The van der Waals surface area contributed by atoms with Crippen molar-refractivity contribution in [3.05, 3.63) is 58.1 Å². The van der Waals surface area contributed by atoms with Gasteiger partial charge in [-0.05, 0) is 30.2 Å². The van der Waals surface area contributed by atoms with Crippen LogP contribution in [0, 0.1) is 0 Å². The Kier molecular flexibility index (Phi) is 7.84. The molecule has 1 N–H and O–H groups in total. The summed E-state index contributed by atoms with van der Waals surface area (Å²) in [7, 11) is 5.94. The molecule has 0 aliphatic carbocycles. The van der Waals surface area contributed by atoms with Crippen LogP contribution in [0.25, 0.3) is 5.76 Å². The van der Waals surface area contributed by atoms with Crippen molar-refractivity contribution in [1.29, 1.82) is 0 Å². The fourth-order valence-electron chi connectivity index (χ4n) is 3.84. The molecule has 1 amide bonds. The van der Waals surface area contributed by atoms with Crippen LogP contribution in [0.4, 0.5) is 0 Å². The fraction of sp³-hybridized carbons (Fsp3) is 0.333. The number of methoxy groups -OCH3 is 4. The number of rotatable bonds is 9. The van der Waals surface area contributed by atoms with Crippen LogP contribution in [0.15, 0.2) is 42.0 Å². The maximum atomic E-state index is 13.2. The first-order chi connectivity index (χ1) is 15.9. The maximum absolute atomic E-state index is 13.2. The van der Waals surface area contributed by atoms with Gasteiger partial charge in [0, 0.05) is 26.3 Å². The Morgan fingerprint density at radius 3 is 2.39 bits per heavy atom. The number of hydrogen-bond acceptors (Lipinski definition) is 7. The Morgan fingerprint density at radius 2 is 1.76 bits per heavy atom. The first-order valence-electron chi connectivity index (χ1n) is 10.2. The molecule has 1 fully saturated rings. The highest BCUT2D eigenvalue weighted by Crippen LogP contribution is 2.43. The number of benzene rings is 2. The summed E-state index contributed by atoms with van der Waals surface area (Å²) >= 11 is 6.19. The lowest BCUT2D eigenvalue weighted by molar-refractivity contribution is -0.140.